The summed E-state index contributed by atoms with van der Waals surface area (Å²) >= 11 is 0. The molecule has 0 saturated heterocycles. The van der Waals surface area contributed by atoms with E-state index in [1.807, 2.05) is 64.3 Å². The van der Waals surface area contributed by atoms with Crippen molar-refractivity contribution in [3.05, 3.63) is 71.1 Å². The van der Waals surface area contributed by atoms with Crippen molar-refractivity contribution in [1.29, 1.82) is 0 Å². The molecule has 2 atom stereocenters. The first-order valence-electron chi connectivity index (χ1n) is 10.3. The fraction of sp³-hybridized carbons (Fsp3) is 0.320. The highest BCUT2D eigenvalue weighted by Crippen LogP contribution is 2.25. The first-order chi connectivity index (χ1) is 14.7. The smallest absolute Gasteiger partial charge is 0.256 e. The number of nitrogens with zero attached hydrogens (tertiary/aromatic N) is 3. The third-order valence-corrected chi connectivity index (χ3v) is 5.31. The van der Waals surface area contributed by atoms with Crippen molar-refractivity contribution in [2.75, 3.05) is 5.32 Å². The van der Waals surface area contributed by atoms with Crippen LogP contribution in [0.3, 0.4) is 0 Å². The van der Waals surface area contributed by atoms with Gasteiger partial charge in [-0.05, 0) is 43.7 Å². The van der Waals surface area contributed by atoms with Gasteiger partial charge in [0.15, 0.2) is 5.82 Å². The highest BCUT2D eigenvalue weighted by atomic mass is 16.5. The molecule has 0 radical (unpaired) electrons. The number of benzene rings is 1. The Bertz CT molecular complexity index is 1170. The topological polar surface area (TPSA) is 70.7 Å². The van der Waals surface area contributed by atoms with Crippen molar-refractivity contribution in [3.63, 3.8) is 0 Å². The minimum absolute atomic E-state index is 0.0287. The molecule has 158 valence electrons. The number of amidine groups is 1. The third-order valence-electron chi connectivity index (χ3n) is 5.31. The van der Waals surface area contributed by atoms with Crippen LogP contribution in [0.2, 0.25) is 0 Å². The lowest BCUT2D eigenvalue weighted by Gasteiger charge is -2.22. The molecule has 6 heteroatoms. The quantitative estimate of drug-likeness (QED) is 0.738. The second kappa shape index (κ2) is 7.92. The number of allylic oxidation sites excluding steroid dienone is 2. The van der Waals surface area contributed by atoms with Gasteiger partial charge in [-0.2, -0.15) is 0 Å². The average molecular weight is 415 g/mol. The number of hydrogen-bond donors (Lipinski definition) is 1. The number of aliphatic imine (C=N–C) groups is 1. The number of carbonyl (C=O) groups excluding carboxylic acids is 1. The lowest BCUT2D eigenvalue weighted by atomic mass is 9.93. The molecule has 1 aromatic carbocycles. The maximum absolute atomic E-state index is 12.8. The zero-order chi connectivity index (χ0) is 22.2. The van der Waals surface area contributed by atoms with Gasteiger partial charge < -0.3 is 14.7 Å². The molecular formula is C25H26N4O2. The molecule has 2 aliphatic heterocycles. The molecule has 0 saturated carbocycles. The zero-order valence-corrected chi connectivity index (χ0v) is 18.4. The van der Waals surface area contributed by atoms with E-state index in [2.05, 4.69) is 39.1 Å². The molecule has 0 spiro atoms. The van der Waals surface area contributed by atoms with Crippen LogP contribution < -0.4 is 5.32 Å². The summed E-state index contributed by atoms with van der Waals surface area (Å²) in [5.41, 5.74) is 2.18. The van der Waals surface area contributed by atoms with Gasteiger partial charge in [0.05, 0.1) is 6.04 Å². The summed E-state index contributed by atoms with van der Waals surface area (Å²) in [6.07, 6.45) is 7.95. The van der Waals surface area contributed by atoms with Gasteiger partial charge in [-0.1, -0.05) is 49.9 Å². The minimum Gasteiger partial charge on any atom is -0.359 e. The molecule has 2 unspecified atom stereocenters. The van der Waals surface area contributed by atoms with E-state index in [1.54, 1.807) is 12.1 Å². The number of aromatic nitrogens is 1. The summed E-state index contributed by atoms with van der Waals surface area (Å²) in [6, 6.07) is 7.32. The predicted molar refractivity (Wildman–Crippen MR) is 122 cm³/mol. The molecule has 31 heavy (non-hydrogen) atoms. The molecule has 1 aromatic heterocycles. The second-order valence-electron chi connectivity index (χ2n) is 8.86. The Balaban J connectivity index is 1.52. The zero-order valence-electron chi connectivity index (χ0n) is 18.4. The van der Waals surface area contributed by atoms with E-state index in [0.717, 1.165) is 17.0 Å². The molecule has 0 aliphatic carbocycles. The molecule has 2 aliphatic rings. The molecule has 1 N–H and O–H groups in total. The van der Waals surface area contributed by atoms with Crippen molar-refractivity contribution < 1.29 is 9.32 Å². The van der Waals surface area contributed by atoms with Crippen LogP contribution in [0.15, 0.2) is 58.2 Å². The lowest BCUT2D eigenvalue weighted by molar-refractivity contribution is 0.102. The van der Waals surface area contributed by atoms with E-state index in [0.29, 0.717) is 17.1 Å². The number of nitrogens with one attached hydrogen (secondary N) is 1. The maximum Gasteiger partial charge on any atom is 0.256 e. The lowest BCUT2D eigenvalue weighted by Crippen LogP contribution is -2.33. The molecule has 6 nitrogen and oxygen atoms in total. The fourth-order valence-corrected chi connectivity index (χ4v) is 3.42. The number of anilines is 1. The molecule has 3 heterocycles. The second-order valence-corrected chi connectivity index (χ2v) is 8.86. The Morgan fingerprint density at radius 1 is 1.23 bits per heavy atom. The molecule has 0 fully saturated rings. The molecular weight excluding hydrogens is 388 g/mol. The van der Waals surface area contributed by atoms with Gasteiger partial charge in [-0.15, -0.1) is 0 Å². The number of carbonyl (C=O) groups is 1. The Morgan fingerprint density at radius 3 is 2.77 bits per heavy atom. The summed E-state index contributed by atoms with van der Waals surface area (Å²) < 4.78 is 5.34. The Kier molecular flexibility index (Phi) is 5.28. The van der Waals surface area contributed by atoms with Gasteiger partial charge >= 0.3 is 0 Å². The van der Waals surface area contributed by atoms with Crippen molar-refractivity contribution in [2.45, 2.75) is 52.1 Å². The van der Waals surface area contributed by atoms with Crippen LogP contribution in [0, 0.1) is 18.8 Å². The monoisotopic (exact) mass is 414 g/mol. The van der Waals surface area contributed by atoms with Gasteiger partial charge in [0.2, 0.25) is 0 Å². The normalized spacial score (nSPS) is 19.5. The van der Waals surface area contributed by atoms with Crippen molar-refractivity contribution in [2.24, 2.45) is 4.99 Å². The third kappa shape index (κ3) is 4.31. The first-order valence-corrected chi connectivity index (χ1v) is 10.3. The van der Waals surface area contributed by atoms with E-state index in [9.17, 15) is 4.79 Å². The van der Waals surface area contributed by atoms with Crippen LogP contribution in [-0.2, 0) is 5.41 Å². The Hall–Kier alpha value is -3.59. The predicted octanol–water partition coefficient (Wildman–Crippen LogP) is 4.44. The number of fused-ring (bicyclic) bond motifs is 1. The first kappa shape index (κ1) is 20.7. The molecule has 4 rings (SSSR count). The number of aryl methyl sites for hydroxylation is 1. The number of hydrogen-bond acceptors (Lipinski definition) is 5. The van der Waals surface area contributed by atoms with Crippen LogP contribution in [0.5, 0.6) is 0 Å². The summed E-state index contributed by atoms with van der Waals surface area (Å²) in [5.74, 6) is 8.40. The molecule has 0 bridgehead atoms. The Labute approximate surface area is 182 Å². The van der Waals surface area contributed by atoms with E-state index < -0.39 is 0 Å². The summed E-state index contributed by atoms with van der Waals surface area (Å²) in [5, 5.41) is 6.76. The van der Waals surface area contributed by atoms with Crippen LogP contribution in [0.25, 0.3) is 0 Å². The largest absolute Gasteiger partial charge is 0.359 e. The number of rotatable bonds is 2. The van der Waals surface area contributed by atoms with Gasteiger partial charge in [-0.25, -0.2) is 0 Å². The van der Waals surface area contributed by atoms with Crippen LogP contribution in [-0.4, -0.2) is 33.9 Å². The van der Waals surface area contributed by atoms with Gasteiger partial charge in [0.25, 0.3) is 5.91 Å². The number of amides is 1. The molecule has 2 aromatic rings. The van der Waals surface area contributed by atoms with E-state index in [-0.39, 0.29) is 23.4 Å². The fourth-order valence-electron chi connectivity index (χ4n) is 3.42. The van der Waals surface area contributed by atoms with Gasteiger partial charge in [0, 0.05) is 28.8 Å². The van der Waals surface area contributed by atoms with E-state index in [4.69, 9.17) is 4.52 Å². The Morgan fingerprint density at radius 2 is 2.03 bits per heavy atom. The van der Waals surface area contributed by atoms with E-state index in [1.165, 1.54) is 0 Å². The standard InChI is InChI=1S/C25H26N4O2/c1-16-9-10-19(24(30)27-22-15-21(31-28-22)25(3,4)5)14-18(16)11-12-20-17(2)26-23-8-6-7-13-29(20)23/h6-10,13-15,17,20H,1-5H3,(H,27,28,30). The highest BCUT2D eigenvalue weighted by Gasteiger charge is 2.30. The molecule has 1 amide bonds. The average Bonchev–Trinajstić information content (AvgIpc) is 3.31. The summed E-state index contributed by atoms with van der Waals surface area (Å²) in [7, 11) is 0. The summed E-state index contributed by atoms with van der Waals surface area (Å²) in [6.45, 7) is 10.1. The SMILES string of the molecule is Cc1ccc(C(=O)Nc2cc(C(C)(C)C)on2)cc1C#CC1C(C)N=C2C=CC=CN21. The summed E-state index contributed by atoms with van der Waals surface area (Å²) in [4.78, 5) is 19.5. The van der Waals surface area contributed by atoms with E-state index >= 15 is 0 Å². The van der Waals surface area contributed by atoms with Gasteiger partial charge in [-0.3, -0.25) is 9.79 Å². The van der Waals surface area contributed by atoms with Crippen molar-refractivity contribution in [1.82, 2.24) is 10.1 Å². The van der Waals surface area contributed by atoms with Crippen LogP contribution >= 0.6 is 0 Å². The highest BCUT2D eigenvalue weighted by molar-refractivity contribution is 6.04. The van der Waals surface area contributed by atoms with Crippen molar-refractivity contribution in [3.8, 4) is 11.8 Å². The van der Waals surface area contributed by atoms with Crippen molar-refractivity contribution >= 4 is 17.6 Å². The van der Waals surface area contributed by atoms with Gasteiger partial charge in [0.1, 0.15) is 17.6 Å². The van der Waals surface area contributed by atoms with Crippen LogP contribution in [0.1, 0.15) is 54.9 Å². The van der Waals surface area contributed by atoms with Crippen LogP contribution in [0.4, 0.5) is 5.82 Å². The maximum atomic E-state index is 12.8. The minimum atomic E-state index is -0.249.